The van der Waals surface area contributed by atoms with E-state index in [0.717, 1.165) is 12.3 Å². The predicted molar refractivity (Wildman–Crippen MR) is 97.6 cm³/mol. The average Bonchev–Trinajstić information content (AvgIpc) is 2.67. The van der Waals surface area contributed by atoms with Crippen LogP contribution < -0.4 is 11.0 Å². The van der Waals surface area contributed by atoms with Crippen LogP contribution in [-0.4, -0.2) is 16.2 Å². The lowest BCUT2D eigenvalue weighted by Crippen LogP contribution is -2.16. The molecule has 6 nitrogen and oxygen atoms in total. The van der Waals surface area contributed by atoms with E-state index in [1.807, 2.05) is 0 Å². The highest BCUT2D eigenvalue weighted by Crippen LogP contribution is 2.31. The Morgan fingerprint density at radius 3 is 2.52 bits per heavy atom. The van der Waals surface area contributed by atoms with Crippen LogP contribution in [0.15, 0.2) is 58.4 Å². The topological polar surface area (TPSA) is 93.9 Å². The number of hydrogen-bond acceptors (Lipinski definition) is 5. The summed E-state index contributed by atoms with van der Waals surface area (Å²) in [5.41, 5.74) is 0.874. The zero-order valence-corrected chi connectivity index (χ0v) is 14.5. The molecule has 0 unspecified atom stereocenters. The van der Waals surface area contributed by atoms with Crippen LogP contribution in [0, 0.1) is 17.1 Å². The zero-order chi connectivity index (χ0) is 21.0. The molecule has 2 N–H and O–H groups in total. The molecule has 0 aliphatic carbocycles. The number of H-pyrrole nitrogens is 1. The molecular formula is C19H11F4N5O. The Hall–Kier alpha value is -4.00. The number of aromatic amines is 1. The second-order valence-electron chi connectivity index (χ2n) is 5.72. The summed E-state index contributed by atoms with van der Waals surface area (Å²) in [6.07, 6.45) is -3.73. The molecule has 0 fully saturated rings. The number of hydrogen-bond donors (Lipinski definition) is 2. The van der Waals surface area contributed by atoms with Gasteiger partial charge in [-0.25, -0.2) is 14.8 Å². The van der Waals surface area contributed by atoms with Crippen LogP contribution in [0.5, 0.6) is 0 Å². The SMILES string of the molecule is N#Cc1c(-c2ccccc2)nc(NN=Cc2ccc(C(F)(F)F)c(F)c2)[nH]c1=O. The molecule has 0 aliphatic rings. The fourth-order valence-corrected chi connectivity index (χ4v) is 2.44. The van der Waals surface area contributed by atoms with Crippen molar-refractivity contribution in [2.24, 2.45) is 5.10 Å². The van der Waals surface area contributed by atoms with Gasteiger partial charge in [0.05, 0.1) is 17.5 Å². The van der Waals surface area contributed by atoms with Crippen molar-refractivity contribution < 1.29 is 17.6 Å². The number of rotatable bonds is 4. The maximum Gasteiger partial charge on any atom is 0.419 e. The van der Waals surface area contributed by atoms with Gasteiger partial charge in [-0.2, -0.15) is 23.5 Å². The maximum absolute atomic E-state index is 13.6. The number of anilines is 1. The zero-order valence-electron chi connectivity index (χ0n) is 14.5. The van der Waals surface area contributed by atoms with Gasteiger partial charge in [0, 0.05) is 5.56 Å². The van der Waals surface area contributed by atoms with Crippen molar-refractivity contribution in [3.8, 4) is 17.3 Å². The number of hydrazone groups is 1. The van der Waals surface area contributed by atoms with Gasteiger partial charge in [-0.05, 0) is 17.7 Å². The van der Waals surface area contributed by atoms with Crippen molar-refractivity contribution >= 4 is 12.2 Å². The summed E-state index contributed by atoms with van der Waals surface area (Å²) in [7, 11) is 0. The van der Waals surface area contributed by atoms with Gasteiger partial charge in [0.25, 0.3) is 5.56 Å². The maximum atomic E-state index is 13.6. The first kappa shape index (κ1) is 19.8. The molecule has 0 amide bonds. The Labute approximate surface area is 161 Å². The van der Waals surface area contributed by atoms with Gasteiger partial charge in [0.2, 0.25) is 5.95 Å². The van der Waals surface area contributed by atoms with Crippen LogP contribution >= 0.6 is 0 Å². The molecule has 1 aromatic heterocycles. The first-order valence-corrected chi connectivity index (χ1v) is 8.05. The number of aromatic nitrogens is 2. The molecule has 0 aliphatic heterocycles. The van der Waals surface area contributed by atoms with Crippen molar-refractivity contribution in [3.63, 3.8) is 0 Å². The summed E-state index contributed by atoms with van der Waals surface area (Å²) in [4.78, 5) is 18.6. The van der Waals surface area contributed by atoms with Gasteiger partial charge < -0.3 is 0 Å². The molecule has 29 heavy (non-hydrogen) atoms. The van der Waals surface area contributed by atoms with Crippen molar-refractivity contribution in [2.75, 3.05) is 5.43 Å². The van der Waals surface area contributed by atoms with E-state index in [4.69, 9.17) is 0 Å². The minimum absolute atomic E-state index is 0.0577. The summed E-state index contributed by atoms with van der Waals surface area (Å²) in [5.74, 6) is -1.53. The molecule has 1 heterocycles. The van der Waals surface area contributed by atoms with E-state index >= 15 is 0 Å². The summed E-state index contributed by atoms with van der Waals surface area (Å²) in [6.45, 7) is 0. The van der Waals surface area contributed by atoms with E-state index in [1.54, 1.807) is 36.4 Å². The number of benzene rings is 2. The lowest BCUT2D eigenvalue weighted by molar-refractivity contribution is -0.140. The third-order valence-corrected chi connectivity index (χ3v) is 3.76. The molecular weight excluding hydrogens is 390 g/mol. The fourth-order valence-electron chi connectivity index (χ4n) is 2.44. The Morgan fingerprint density at radius 2 is 1.90 bits per heavy atom. The summed E-state index contributed by atoms with van der Waals surface area (Å²) in [5, 5.41) is 12.9. The Balaban J connectivity index is 1.86. The molecule has 146 valence electrons. The molecule has 0 saturated carbocycles. The second-order valence-corrected chi connectivity index (χ2v) is 5.72. The molecule has 0 spiro atoms. The normalized spacial score (nSPS) is 11.4. The highest BCUT2D eigenvalue weighted by molar-refractivity contribution is 5.80. The number of nitrogens with one attached hydrogen (secondary N) is 2. The molecule has 10 heteroatoms. The van der Waals surface area contributed by atoms with E-state index < -0.39 is 23.1 Å². The molecule has 3 aromatic rings. The average molecular weight is 401 g/mol. The van der Waals surface area contributed by atoms with Crippen molar-refractivity contribution in [2.45, 2.75) is 6.18 Å². The minimum atomic E-state index is -4.79. The third-order valence-electron chi connectivity index (χ3n) is 3.76. The third kappa shape index (κ3) is 4.47. The summed E-state index contributed by atoms with van der Waals surface area (Å²) < 4.78 is 51.3. The standard InChI is InChI=1S/C19H11F4N5O/c20-15-8-11(6-7-14(15)19(21,22)23)10-25-28-18-26-16(12-4-2-1-3-5-12)13(9-24)17(29)27-18/h1-8,10H,(H2,26,27,28,29). The highest BCUT2D eigenvalue weighted by Gasteiger charge is 2.33. The molecule has 0 bridgehead atoms. The van der Waals surface area contributed by atoms with E-state index in [1.165, 1.54) is 0 Å². The van der Waals surface area contributed by atoms with Crippen molar-refractivity contribution in [3.05, 3.63) is 81.4 Å². The lowest BCUT2D eigenvalue weighted by Gasteiger charge is -2.08. The number of nitriles is 1. The second kappa shape index (κ2) is 7.93. The van der Waals surface area contributed by atoms with Crippen LogP contribution in [0.4, 0.5) is 23.5 Å². The van der Waals surface area contributed by atoms with Gasteiger partial charge in [-0.3, -0.25) is 9.78 Å². The number of nitrogens with zero attached hydrogens (tertiary/aromatic N) is 3. The number of halogens is 4. The van der Waals surface area contributed by atoms with Crippen molar-refractivity contribution in [1.82, 2.24) is 9.97 Å². The van der Waals surface area contributed by atoms with Crippen LogP contribution in [0.3, 0.4) is 0 Å². The minimum Gasteiger partial charge on any atom is -0.290 e. The largest absolute Gasteiger partial charge is 0.419 e. The van der Waals surface area contributed by atoms with Crippen molar-refractivity contribution in [1.29, 1.82) is 5.26 Å². The van der Waals surface area contributed by atoms with Gasteiger partial charge in [0.15, 0.2) is 0 Å². The van der Waals surface area contributed by atoms with Crippen LogP contribution in [0.2, 0.25) is 0 Å². The smallest absolute Gasteiger partial charge is 0.290 e. The Morgan fingerprint density at radius 1 is 1.17 bits per heavy atom. The fraction of sp³-hybridized carbons (Fsp3) is 0.0526. The summed E-state index contributed by atoms with van der Waals surface area (Å²) in [6, 6.07) is 12.6. The quantitative estimate of drug-likeness (QED) is 0.394. The van der Waals surface area contributed by atoms with Crippen LogP contribution in [0.1, 0.15) is 16.7 Å². The van der Waals surface area contributed by atoms with Gasteiger partial charge in [0.1, 0.15) is 17.4 Å². The molecule has 2 aromatic carbocycles. The lowest BCUT2D eigenvalue weighted by atomic mass is 10.1. The predicted octanol–water partition coefficient (Wildman–Crippen LogP) is 3.91. The van der Waals surface area contributed by atoms with E-state index in [0.29, 0.717) is 17.7 Å². The first-order valence-electron chi connectivity index (χ1n) is 8.05. The van der Waals surface area contributed by atoms with Gasteiger partial charge in [-0.1, -0.05) is 36.4 Å². The Bertz CT molecular complexity index is 1160. The molecule has 3 rings (SSSR count). The van der Waals surface area contributed by atoms with Crippen LogP contribution in [0.25, 0.3) is 11.3 Å². The van der Waals surface area contributed by atoms with Gasteiger partial charge in [-0.15, -0.1) is 0 Å². The number of alkyl halides is 3. The highest BCUT2D eigenvalue weighted by atomic mass is 19.4. The molecule has 0 atom stereocenters. The van der Waals surface area contributed by atoms with E-state index in [9.17, 15) is 27.6 Å². The van der Waals surface area contributed by atoms with Gasteiger partial charge >= 0.3 is 6.18 Å². The molecule has 0 radical (unpaired) electrons. The summed E-state index contributed by atoms with van der Waals surface area (Å²) >= 11 is 0. The van der Waals surface area contributed by atoms with E-state index in [-0.39, 0.29) is 22.8 Å². The monoisotopic (exact) mass is 401 g/mol. The van der Waals surface area contributed by atoms with E-state index in [2.05, 4.69) is 20.5 Å². The molecule has 0 saturated heterocycles. The first-order chi connectivity index (χ1) is 13.8. The Kier molecular flexibility index (Phi) is 5.40. The van der Waals surface area contributed by atoms with Crippen LogP contribution in [-0.2, 0) is 6.18 Å².